The first kappa shape index (κ1) is 19.8. The lowest BCUT2D eigenvalue weighted by atomic mass is 9.96. The number of hydrogen-bond donors (Lipinski definition) is 1. The van der Waals surface area contributed by atoms with E-state index in [1.807, 2.05) is 0 Å². The average Bonchev–Trinajstić information content (AvgIpc) is 2.70. The molecule has 144 valence electrons. The number of methoxy groups -OCH3 is 1. The quantitative estimate of drug-likeness (QED) is 0.773. The van der Waals surface area contributed by atoms with Gasteiger partial charge in [0.1, 0.15) is 0 Å². The maximum absolute atomic E-state index is 5.60. The van der Waals surface area contributed by atoms with Crippen LogP contribution in [0.2, 0.25) is 0 Å². The van der Waals surface area contributed by atoms with Crippen molar-refractivity contribution in [2.45, 2.75) is 19.0 Å². The lowest BCUT2D eigenvalue weighted by molar-refractivity contribution is 0.146. The molecule has 5 heteroatoms. The Morgan fingerprint density at radius 1 is 0.963 bits per heavy atom. The van der Waals surface area contributed by atoms with Crippen molar-refractivity contribution in [2.75, 3.05) is 39.9 Å². The summed E-state index contributed by atoms with van der Waals surface area (Å²) in [5.41, 5.74) is 2.68. The van der Waals surface area contributed by atoms with Gasteiger partial charge in [0.2, 0.25) is 0 Å². The van der Waals surface area contributed by atoms with E-state index in [1.165, 1.54) is 11.1 Å². The summed E-state index contributed by atoms with van der Waals surface area (Å²) in [6.07, 6.45) is 0. The van der Waals surface area contributed by atoms with Crippen molar-refractivity contribution in [3.8, 4) is 0 Å². The van der Waals surface area contributed by atoms with Crippen molar-refractivity contribution in [1.82, 2.24) is 15.1 Å². The fraction of sp³-hybridized carbons (Fsp3) is 0.409. The lowest BCUT2D eigenvalue weighted by Crippen LogP contribution is -2.54. The summed E-state index contributed by atoms with van der Waals surface area (Å²) in [6.45, 7) is 6.57. The molecule has 1 saturated heterocycles. The van der Waals surface area contributed by atoms with Gasteiger partial charge in [0.05, 0.1) is 12.6 Å². The third kappa shape index (κ3) is 5.28. The van der Waals surface area contributed by atoms with Crippen LogP contribution in [0.5, 0.6) is 0 Å². The van der Waals surface area contributed by atoms with Crippen molar-refractivity contribution < 1.29 is 4.74 Å². The van der Waals surface area contributed by atoms with Crippen molar-refractivity contribution in [1.29, 1.82) is 0 Å². The monoisotopic (exact) mass is 383 g/mol. The predicted octanol–water partition coefficient (Wildman–Crippen LogP) is 3.30. The highest BCUT2D eigenvalue weighted by molar-refractivity contribution is 7.80. The average molecular weight is 384 g/mol. The number of nitrogens with one attached hydrogen (secondary N) is 1. The van der Waals surface area contributed by atoms with E-state index < -0.39 is 0 Å². The molecule has 0 radical (unpaired) electrons. The van der Waals surface area contributed by atoms with Crippen molar-refractivity contribution in [2.24, 2.45) is 0 Å². The van der Waals surface area contributed by atoms with Crippen LogP contribution in [0.15, 0.2) is 60.7 Å². The minimum atomic E-state index is 0.224. The summed E-state index contributed by atoms with van der Waals surface area (Å²) >= 11 is 5.60. The van der Waals surface area contributed by atoms with Gasteiger partial charge in [-0.3, -0.25) is 4.90 Å². The fourth-order valence-corrected chi connectivity index (χ4v) is 4.05. The molecule has 1 aliphatic rings. The number of rotatable bonds is 6. The summed E-state index contributed by atoms with van der Waals surface area (Å²) in [4.78, 5) is 4.83. The van der Waals surface area contributed by atoms with E-state index >= 15 is 0 Å². The molecule has 1 fully saturated rings. The van der Waals surface area contributed by atoms with E-state index in [2.05, 4.69) is 82.7 Å². The molecule has 27 heavy (non-hydrogen) atoms. The molecular weight excluding hydrogens is 354 g/mol. The number of nitrogens with zero attached hydrogens (tertiary/aromatic N) is 2. The van der Waals surface area contributed by atoms with Gasteiger partial charge < -0.3 is 15.0 Å². The summed E-state index contributed by atoms with van der Waals surface area (Å²) in [7, 11) is 1.72. The van der Waals surface area contributed by atoms with Crippen LogP contribution in [-0.4, -0.2) is 60.8 Å². The Morgan fingerprint density at radius 2 is 1.48 bits per heavy atom. The molecule has 0 spiro atoms. The lowest BCUT2D eigenvalue weighted by Gasteiger charge is -2.41. The van der Waals surface area contributed by atoms with Crippen LogP contribution in [0.3, 0.4) is 0 Å². The molecule has 1 aliphatic heterocycles. The van der Waals surface area contributed by atoms with Crippen LogP contribution < -0.4 is 5.32 Å². The van der Waals surface area contributed by atoms with Crippen molar-refractivity contribution >= 4 is 17.3 Å². The van der Waals surface area contributed by atoms with E-state index in [-0.39, 0.29) is 12.1 Å². The molecule has 3 rings (SSSR count). The minimum absolute atomic E-state index is 0.224. The van der Waals surface area contributed by atoms with E-state index in [0.717, 1.165) is 31.3 Å². The predicted molar refractivity (Wildman–Crippen MR) is 115 cm³/mol. The largest absolute Gasteiger partial charge is 0.383 e. The van der Waals surface area contributed by atoms with Crippen molar-refractivity contribution in [3.63, 3.8) is 0 Å². The second-order valence-electron chi connectivity index (χ2n) is 7.05. The first-order valence-electron chi connectivity index (χ1n) is 9.57. The molecule has 0 saturated carbocycles. The standard InChI is InChI=1S/C22H29N3OS/c1-18(17-26-2)23-22(27)25-15-13-24(14-16-25)21(19-9-5-3-6-10-19)20-11-7-4-8-12-20/h3-12,18,21H,13-17H2,1-2H3,(H,23,27). The molecule has 1 atom stereocenters. The van der Waals surface area contributed by atoms with Crippen LogP contribution in [0.4, 0.5) is 0 Å². The molecular formula is C22H29N3OS. The van der Waals surface area contributed by atoms with Gasteiger partial charge in [-0.15, -0.1) is 0 Å². The summed E-state index contributed by atoms with van der Waals surface area (Å²) in [5, 5.41) is 4.20. The molecule has 0 bridgehead atoms. The Labute approximate surface area is 168 Å². The number of thiocarbonyl (C=S) groups is 1. The van der Waals surface area contributed by atoms with E-state index in [9.17, 15) is 0 Å². The first-order valence-corrected chi connectivity index (χ1v) is 9.98. The molecule has 0 aromatic heterocycles. The summed E-state index contributed by atoms with van der Waals surface area (Å²) in [6, 6.07) is 22.1. The number of ether oxygens (including phenoxy) is 1. The normalized spacial score (nSPS) is 16.3. The molecule has 4 nitrogen and oxygen atoms in total. The van der Waals surface area contributed by atoms with Crippen LogP contribution in [0, 0.1) is 0 Å². The topological polar surface area (TPSA) is 27.7 Å². The van der Waals surface area contributed by atoms with Gasteiger partial charge in [-0.05, 0) is 30.3 Å². The zero-order valence-electron chi connectivity index (χ0n) is 16.2. The maximum atomic E-state index is 5.60. The molecule has 0 amide bonds. The zero-order valence-corrected chi connectivity index (χ0v) is 17.0. The Hall–Kier alpha value is -1.95. The van der Waals surface area contributed by atoms with Crippen molar-refractivity contribution in [3.05, 3.63) is 71.8 Å². The molecule has 0 aliphatic carbocycles. The second kappa shape index (κ2) is 9.83. The highest BCUT2D eigenvalue weighted by Gasteiger charge is 2.27. The molecule has 2 aromatic rings. The summed E-state index contributed by atoms with van der Waals surface area (Å²) < 4.78 is 5.19. The molecule has 2 aromatic carbocycles. The first-order chi connectivity index (χ1) is 13.2. The van der Waals surface area contributed by atoms with Gasteiger partial charge in [0.15, 0.2) is 5.11 Å². The van der Waals surface area contributed by atoms with E-state index in [0.29, 0.717) is 6.61 Å². The van der Waals surface area contributed by atoms with Gasteiger partial charge in [0.25, 0.3) is 0 Å². The van der Waals surface area contributed by atoms with E-state index in [1.54, 1.807) is 7.11 Å². The van der Waals surface area contributed by atoms with Gasteiger partial charge in [-0.25, -0.2) is 0 Å². The van der Waals surface area contributed by atoms with Crippen LogP contribution in [-0.2, 0) is 4.74 Å². The highest BCUT2D eigenvalue weighted by Crippen LogP contribution is 2.29. The highest BCUT2D eigenvalue weighted by atomic mass is 32.1. The Morgan fingerprint density at radius 3 is 1.96 bits per heavy atom. The Kier molecular flexibility index (Phi) is 7.21. The smallest absolute Gasteiger partial charge is 0.169 e. The maximum Gasteiger partial charge on any atom is 0.169 e. The molecule has 1 N–H and O–H groups in total. The minimum Gasteiger partial charge on any atom is -0.383 e. The second-order valence-corrected chi connectivity index (χ2v) is 7.44. The number of benzene rings is 2. The van der Waals surface area contributed by atoms with Crippen LogP contribution in [0.1, 0.15) is 24.1 Å². The summed E-state index contributed by atoms with van der Waals surface area (Å²) in [5.74, 6) is 0. The van der Waals surface area contributed by atoms with Crippen LogP contribution in [0.25, 0.3) is 0 Å². The fourth-order valence-electron chi connectivity index (χ4n) is 3.66. The molecule has 1 heterocycles. The number of piperazine rings is 1. The Balaban J connectivity index is 1.67. The molecule has 1 unspecified atom stereocenters. The van der Waals surface area contributed by atoms with E-state index in [4.69, 9.17) is 17.0 Å². The van der Waals surface area contributed by atoms with Gasteiger partial charge in [-0.1, -0.05) is 60.7 Å². The SMILES string of the molecule is COCC(C)NC(=S)N1CCN(C(c2ccccc2)c2ccccc2)CC1. The Bertz CT molecular complexity index is 663. The van der Waals surface area contributed by atoms with Crippen LogP contribution >= 0.6 is 12.2 Å². The number of hydrogen-bond acceptors (Lipinski definition) is 3. The zero-order chi connectivity index (χ0) is 19.1. The third-order valence-corrected chi connectivity index (χ3v) is 5.36. The van der Waals surface area contributed by atoms with Gasteiger partial charge in [-0.2, -0.15) is 0 Å². The van der Waals surface area contributed by atoms with Gasteiger partial charge in [0, 0.05) is 39.3 Å². The van der Waals surface area contributed by atoms with Gasteiger partial charge >= 0.3 is 0 Å². The third-order valence-electron chi connectivity index (χ3n) is 4.98.